The van der Waals surface area contributed by atoms with E-state index in [-0.39, 0.29) is 5.82 Å². The molecule has 0 saturated carbocycles. The first-order valence-electron chi connectivity index (χ1n) is 6.33. The largest absolute Gasteiger partial charge is 0.497 e. The Morgan fingerprint density at radius 1 is 1.10 bits per heavy atom. The summed E-state index contributed by atoms with van der Waals surface area (Å²) < 4.78 is 24.5. The fraction of sp³-hybridized carbons (Fsp3) is 0.250. The molecule has 106 valence electrons. The van der Waals surface area contributed by atoms with Crippen molar-refractivity contribution in [2.75, 3.05) is 13.7 Å². The van der Waals surface area contributed by atoms with E-state index in [1.165, 1.54) is 12.1 Å². The summed E-state index contributed by atoms with van der Waals surface area (Å²) in [4.78, 5) is 0. The number of ether oxygens (including phenoxy) is 2. The molecule has 0 saturated heterocycles. The van der Waals surface area contributed by atoms with Crippen molar-refractivity contribution in [3.63, 3.8) is 0 Å². The Labute approximate surface area is 126 Å². The van der Waals surface area contributed by atoms with Gasteiger partial charge < -0.3 is 9.47 Å². The normalized spacial score (nSPS) is 10.6. The zero-order chi connectivity index (χ0) is 14.4. The number of methoxy groups -OCH3 is 1. The van der Waals surface area contributed by atoms with Crippen molar-refractivity contribution in [2.24, 2.45) is 0 Å². The summed E-state index contributed by atoms with van der Waals surface area (Å²) in [6, 6.07) is 12.5. The first kappa shape index (κ1) is 15.0. The summed E-state index contributed by atoms with van der Waals surface area (Å²) in [5, 5.41) is 0. The van der Waals surface area contributed by atoms with Crippen LogP contribution in [-0.2, 0) is 17.8 Å². The zero-order valence-corrected chi connectivity index (χ0v) is 12.8. The molecule has 0 aliphatic rings. The highest BCUT2D eigenvalue weighted by Gasteiger charge is 2.02. The van der Waals surface area contributed by atoms with E-state index in [4.69, 9.17) is 9.47 Å². The lowest BCUT2D eigenvalue weighted by Crippen LogP contribution is -2.00. The molecule has 0 amide bonds. The SMILES string of the molecule is COc1ccc(COCCc2ccc(F)cc2Br)cc1. The number of benzene rings is 2. The molecule has 20 heavy (non-hydrogen) atoms. The Hall–Kier alpha value is -1.39. The molecule has 4 heteroatoms. The van der Waals surface area contributed by atoms with Crippen LogP contribution in [-0.4, -0.2) is 13.7 Å². The Kier molecular flexibility index (Phi) is 5.56. The highest BCUT2D eigenvalue weighted by molar-refractivity contribution is 9.10. The van der Waals surface area contributed by atoms with E-state index in [1.807, 2.05) is 24.3 Å². The minimum absolute atomic E-state index is 0.236. The molecule has 0 atom stereocenters. The van der Waals surface area contributed by atoms with Crippen molar-refractivity contribution in [3.8, 4) is 5.75 Å². The van der Waals surface area contributed by atoms with Gasteiger partial charge >= 0.3 is 0 Å². The molecule has 0 unspecified atom stereocenters. The third kappa shape index (κ3) is 4.32. The number of rotatable bonds is 6. The maximum atomic E-state index is 12.9. The second kappa shape index (κ2) is 7.41. The molecule has 0 N–H and O–H groups in total. The van der Waals surface area contributed by atoms with E-state index < -0.39 is 0 Å². The summed E-state index contributed by atoms with van der Waals surface area (Å²) in [7, 11) is 1.64. The van der Waals surface area contributed by atoms with Crippen LogP contribution >= 0.6 is 15.9 Å². The van der Waals surface area contributed by atoms with Gasteiger partial charge in [0.15, 0.2) is 0 Å². The summed E-state index contributed by atoms with van der Waals surface area (Å²) in [5.41, 5.74) is 2.14. The second-order valence-corrected chi connectivity index (χ2v) is 5.24. The molecule has 0 bridgehead atoms. The minimum atomic E-state index is -0.236. The molecule has 0 aliphatic heterocycles. The topological polar surface area (TPSA) is 18.5 Å². The van der Waals surface area contributed by atoms with Crippen LogP contribution in [0.5, 0.6) is 5.75 Å². The van der Waals surface area contributed by atoms with E-state index in [1.54, 1.807) is 13.2 Å². The third-order valence-corrected chi connectivity index (χ3v) is 3.70. The van der Waals surface area contributed by atoms with Crippen LogP contribution in [0.2, 0.25) is 0 Å². The lowest BCUT2D eigenvalue weighted by atomic mass is 10.1. The summed E-state index contributed by atoms with van der Waals surface area (Å²) in [6.45, 7) is 1.15. The smallest absolute Gasteiger partial charge is 0.124 e. The minimum Gasteiger partial charge on any atom is -0.497 e. The van der Waals surface area contributed by atoms with Crippen molar-refractivity contribution in [1.29, 1.82) is 0 Å². The molecule has 0 aliphatic carbocycles. The molecule has 2 rings (SSSR count). The van der Waals surface area contributed by atoms with E-state index in [0.717, 1.165) is 27.8 Å². The molecule has 2 nitrogen and oxygen atoms in total. The van der Waals surface area contributed by atoms with Crippen molar-refractivity contribution in [3.05, 3.63) is 63.9 Å². The van der Waals surface area contributed by atoms with Gasteiger partial charge in [0.2, 0.25) is 0 Å². The summed E-state index contributed by atoms with van der Waals surface area (Å²) in [6.07, 6.45) is 0.747. The van der Waals surface area contributed by atoms with Crippen LogP contribution in [0.1, 0.15) is 11.1 Å². The lowest BCUT2D eigenvalue weighted by Gasteiger charge is -2.07. The van der Waals surface area contributed by atoms with E-state index in [2.05, 4.69) is 15.9 Å². The molecule has 0 heterocycles. The molecular formula is C16H16BrFO2. The summed E-state index contributed by atoms with van der Waals surface area (Å²) in [5.74, 6) is 0.601. The molecule has 0 fully saturated rings. The third-order valence-electron chi connectivity index (χ3n) is 2.96. The Bertz CT molecular complexity index is 555. The van der Waals surface area contributed by atoms with Crippen LogP contribution in [0.4, 0.5) is 4.39 Å². The van der Waals surface area contributed by atoms with E-state index >= 15 is 0 Å². The molecule has 0 aromatic heterocycles. The van der Waals surface area contributed by atoms with E-state index in [9.17, 15) is 4.39 Å². The quantitative estimate of drug-likeness (QED) is 0.728. The zero-order valence-electron chi connectivity index (χ0n) is 11.2. The standard InChI is InChI=1S/C16H16BrFO2/c1-19-15-6-2-12(3-7-15)11-20-9-8-13-4-5-14(18)10-16(13)17/h2-7,10H,8-9,11H2,1H3. The van der Waals surface area contributed by atoms with Crippen LogP contribution in [0.3, 0.4) is 0 Å². The Morgan fingerprint density at radius 3 is 2.50 bits per heavy atom. The Morgan fingerprint density at radius 2 is 1.85 bits per heavy atom. The van der Waals surface area contributed by atoms with Gasteiger partial charge in [-0.15, -0.1) is 0 Å². The van der Waals surface area contributed by atoms with Crippen LogP contribution in [0, 0.1) is 5.82 Å². The van der Waals surface area contributed by atoms with Crippen LogP contribution in [0.15, 0.2) is 46.9 Å². The van der Waals surface area contributed by atoms with Gasteiger partial charge in [0.05, 0.1) is 20.3 Å². The molecule has 0 spiro atoms. The number of hydrogen-bond donors (Lipinski definition) is 0. The van der Waals surface area contributed by atoms with Crippen molar-refractivity contribution in [1.82, 2.24) is 0 Å². The van der Waals surface area contributed by atoms with Gasteiger partial charge in [-0.25, -0.2) is 4.39 Å². The molecule has 2 aromatic rings. The Balaban J connectivity index is 1.78. The van der Waals surface area contributed by atoms with Gasteiger partial charge in [-0.2, -0.15) is 0 Å². The highest BCUT2D eigenvalue weighted by Crippen LogP contribution is 2.18. The summed E-state index contributed by atoms with van der Waals surface area (Å²) >= 11 is 3.35. The predicted molar refractivity (Wildman–Crippen MR) is 80.5 cm³/mol. The second-order valence-electron chi connectivity index (χ2n) is 4.39. The van der Waals surface area contributed by atoms with Crippen molar-refractivity contribution >= 4 is 15.9 Å². The predicted octanol–water partition coefficient (Wildman–Crippen LogP) is 4.36. The van der Waals surface area contributed by atoms with Gasteiger partial charge in [-0.3, -0.25) is 0 Å². The monoisotopic (exact) mass is 338 g/mol. The van der Waals surface area contributed by atoms with Gasteiger partial charge in [0.1, 0.15) is 11.6 Å². The first-order valence-corrected chi connectivity index (χ1v) is 7.13. The van der Waals surface area contributed by atoms with E-state index in [0.29, 0.717) is 13.2 Å². The van der Waals surface area contributed by atoms with Crippen LogP contribution < -0.4 is 4.74 Å². The maximum absolute atomic E-state index is 12.9. The van der Waals surface area contributed by atoms with Gasteiger partial charge in [-0.1, -0.05) is 34.1 Å². The highest BCUT2D eigenvalue weighted by atomic mass is 79.9. The van der Waals surface area contributed by atoms with Crippen LogP contribution in [0.25, 0.3) is 0 Å². The fourth-order valence-corrected chi connectivity index (χ4v) is 2.37. The van der Waals surface area contributed by atoms with Gasteiger partial charge in [-0.05, 0) is 41.8 Å². The first-order chi connectivity index (χ1) is 9.69. The molecule has 0 radical (unpaired) electrons. The van der Waals surface area contributed by atoms with Gasteiger partial charge in [0, 0.05) is 4.47 Å². The van der Waals surface area contributed by atoms with Gasteiger partial charge in [0.25, 0.3) is 0 Å². The average molecular weight is 339 g/mol. The fourth-order valence-electron chi connectivity index (χ4n) is 1.82. The molecular weight excluding hydrogens is 323 g/mol. The average Bonchev–Trinajstić information content (AvgIpc) is 2.46. The van der Waals surface area contributed by atoms with Crippen molar-refractivity contribution < 1.29 is 13.9 Å². The number of halogens is 2. The maximum Gasteiger partial charge on any atom is 0.124 e. The number of hydrogen-bond acceptors (Lipinski definition) is 2. The van der Waals surface area contributed by atoms with Crippen molar-refractivity contribution in [2.45, 2.75) is 13.0 Å². The lowest BCUT2D eigenvalue weighted by molar-refractivity contribution is 0.123. The molecule has 2 aromatic carbocycles.